The lowest BCUT2D eigenvalue weighted by molar-refractivity contribution is -0.271. The molecule has 462 valence electrons. The zero-order valence-corrected chi connectivity index (χ0v) is 47.7. The van der Waals surface area contributed by atoms with E-state index in [9.17, 15) is 39.6 Å². The number of carboxylic acids is 1. The number of esters is 1. The summed E-state index contributed by atoms with van der Waals surface area (Å²) in [7, 11) is 1.61. The van der Waals surface area contributed by atoms with Gasteiger partial charge in [-0.3, -0.25) is 19.3 Å². The van der Waals surface area contributed by atoms with Crippen molar-refractivity contribution in [2.75, 3.05) is 146 Å². The van der Waals surface area contributed by atoms with E-state index >= 15 is 0 Å². The van der Waals surface area contributed by atoms with Crippen LogP contribution in [0.15, 0.2) is 66.9 Å². The van der Waals surface area contributed by atoms with Crippen molar-refractivity contribution in [3.8, 4) is 11.5 Å². The maximum Gasteiger partial charge on any atom is 0.335 e. The number of carbonyl (C=O) groups excluding carboxylic acids is 3. The van der Waals surface area contributed by atoms with Crippen LogP contribution < -0.4 is 14.8 Å². The molecule has 0 saturated carbocycles. The Labute approximate surface area is 479 Å². The molecule has 6 atom stereocenters. The van der Waals surface area contributed by atoms with E-state index in [1.165, 1.54) is 11.0 Å². The molecule has 0 aromatic heterocycles. The first kappa shape index (κ1) is 69.3. The Hall–Kier alpha value is -5.20. The predicted octanol–water partition coefficient (Wildman–Crippen LogP) is 2.12. The molecule has 0 unspecified atom stereocenters. The lowest BCUT2D eigenvalue weighted by Crippen LogP contribution is -2.61. The van der Waals surface area contributed by atoms with Gasteiger partial charge < -0.3 is 96.8 Å². The monoisotopic (exact) mass is 1170 g/mol. The highest BCUT2D eigenvalue weighted by Crippen LogP contribution is 2.30. The number of amides is 2. The van der Waals surface area contributed by atoms with E-state index in [4.69, 9.17) is 71.1 Å². The Bertz CT molecular complexity index is 2160. The van der Waals surface area contributed by atoms with Gasteiger partial charge in [0.25, 0.3) is 5.91 Å². The number of rotatable bonds is 46. The SMILES string of the molecule is C=C1C=CC(=O)N1[C@@H](Cc1ccc(OCCOCCOCCOCCOCCOCCOCCOCCOCOCOCCOC)cc1)C(=O)NCCCCc1ccc(COC(=O)C(C)(C)C)c(O[C@@H]2O[C@H](C(=O)O)[C@@H](O)[C@H](O)[C@H]2O)c1. The van der Waals surface area contributed by atoms with Crippen LogP contribution in [0.2, 0.25) is 0 Å². The molecule has 2 aromatic carbocycles. The molecule has 25 heteroatoms. The minimum absolute atomic E-state index is 0.0981. The Morgan fingerprint density at radius 2 is 1.18 bits per heavy atom. The van der Waals surface area contributed by atoms with Crippen LogP contribution in [-0.4, -0.2) is 232 Å². The normalized spacial score (nSPS) is 18.5. The van der Waals surface area contributed by atoms with Crippen LogP contribution in [0.4, 0.5) is 0 Å². The van der Waals surface area contributed by atoms with Gasteiger partial charge in [-0.15, -0.1) is 0 Å². The van der Waals surface area contributed by atoms with Gasteiger partial charge in [0.1, 0.15) is 62.7 Å². The summed E-state index contributed by atoms with van der Waals surface area (Å²) in [6, 6.07) is 11.4. The Kier molecular flexibility index (Phi) is 33.9. The van der Waals surface area contributed by atoms with Gasteiger partial charge in [-0.25, -0.2) is 4.79 Å². The molecule has 2 aliphatic rings. The van der Waals surface area contributed by atoms with Crippen molar-refractivity contribution >= 4 is 23.8 Å². The maximum atomic E-state index is 13.8. The van der Waals surface area contributed by atoms with E-state index in [1.54, 1.807) is 64.3 Å². The highest BCUT2D eigenvalue weighted by Gasteiger charge is 2.48. The Morgan fingerprint density at radius 3 is 1.70 bits per heavy atom. The Balaban J connectivity index is 1.05. The molecule has 0 radical (unpaired) electrons. The lowest BCUT2D eigenvalue weighted by Gasteiger charge is -2.38. The van der Waals surface area contributed by atoms with Crippen molar-refractivity contribution in [1.29, 1.82) is 0 Å². The second kappa shape index (κ2) is 40.1. The summed E-state index contributed by atoms with van der Waals surface area (Å²) in [5, 5.41) is 43.7. The van der Waals surface area contributed by atoms with E-state index in [1.807, 2.05) is 12.1 Å². The molecule has 1 saturated heterocycles. The summed E-state index contributed by atoms with van der Waals surface area (Å²) in [6.07, 6.45) is -4.42. The molecule has 82 heavy (non-hydrogen) atoms. The number of nitrogens with one attached hydrogen (secondary N) is 1. The number of nitrogens with zero attached hydrogens (tertiary/aromatic N) is 1. The van der Waals surface area contributed by atoms with Crippen molar-refractivity contribution in [2.45, 2.75) is 89.8 Å². The van der Waals surface area contributed by atoms with Gasteiger partial charge in [0.2, 0.25) is 12.2 Å². The molecule has 2 aromatic rings. The number of aliphatic hydroxyl groups is 3. The molecule has 2 heterocycles. The highest BCUT2D eigenvalue weighted by atomic mass is 16.7. The van der Waals surface area contributed by atoms with Crippen LogP contribution in [0.3, 0.4) is 0 Å². The first-order valence-corrected chi connectivity index (χ1v) is 27.4. The second-order valence-corrected chi connectivity index (χ2v) is 19.7. The molecule has 4 rings (SSSR count). The van der Waals surface area contributed by atoms with Crippen LogP contribution in [0.5, 0.6) is 11.5 Å². The van der Waals surface area contributed by atoms with E-state index in [0.29, 0.717) is 155 Å². The fraction of sp³-hybridized carbons (Fsp3) is 0.649. The van der Waals surface area contributed by atoms with Gasteiger partial charge in [-0.2, -0.15) is 0 Å². The number of aliphatic hydroxyl groups excluding tert-OH is 3. The maximum absolute atomic E-state index is 13.8. The number of aliphatic carboxylic acids is 1. The highest BCUT2D eigenvalue weighted by molar-refractivity contribution is 5.97. The summed E-state index contributed by atoms with van der Waals surface area (Å²) in [6.45, 7) is 17.1. The summed E-state index contributed by atoms with van der Waals surface area (Å²) >= 11 is 0. The molecular formula is C57H86N2O23. The van der Waals surface area contributed by atoms with Gasteiger partial charge in [0, 0.05) is 37.4 Å². The number of allylic oxidation sites excluding steroid dienone is 1. The van der Waals surface area contributed by atoms with Crippen molar-refractivity contribution in [3.05, 3.63) is 83.6 Å². The third-order valence-electron chi connectivity index (χ3n) is 12.1. The van der Waals surface area contributed by atoms with Crippen LogP contribution in [0, 0.1) is 5.41 Å². The van der Waals surface area contributed by atoms with Gasteiger partial charge in [0.15, 0.2) is 6.10 Å². The van der Waals surface area contributed by atoms with E-state index < -0.39 is 54.1 Å². The number of carboxylic acid groups (broad SMARTS) is 1. The molecule has 1 fully saturated rings. The van der Waals surface area contributed by atoms with Crippen LogP contribution in [0.25, 0.3) is 0 Å². The van der Waals surface area contributed by atoms with Gasteiger partial charge >= 0.3 is 11.9 Å². The fourth-order valence-corrected chi connectivity index (χ4v) is 7.64. The standard InChI is InChI=1S/C57H86N2O23/c1-41-9-16-48(60)59(41)46(53(64)58-17-7-6-8-42-10-13-44(38-80-56(67)57(2,3)4)47(37-42)81-55-51(63)49(61)50(62)52(82-55)54(65)66)36-43-11-14-45(15-12-43)79-35-34-75-31-30-73-27-26-71-23-22-69-20-21-70-24-25-72-28-29-74-32-33-77-40-78-39-76-19-18-68-5/h9-16,37,46,49-52,55,61-63H,1,6-8,17-36,38-40H2,2-5H3,(H,58,64)(H,65,66)/t46-,49-,50-,51+,52-,55+/m0/s1. The van der Waals surface area contributed by atoms with Crippen LogP contribution >= 0.6 is 0 Å². The number of unbranched alkanes of at least 4 members (excludes halogenated alkanes) is 1. The number of methoxy groups -OCH3 is 1. The number of carbonyl (C=O) groups is 4. The van der Waals surface area contributed by atoms with E-state index in [-0.39, 0.29) is 50.7 Å². The van der Waals surface area contributed by atoms with E-state index in [0.717, 1.165) is 11.1 Å². The smallest absolute Gasteiger partial charge is 0.335 e. The predicted molar refractivity (Wildman–Crippen MR) is 291 cm³/mol. The zero-order chi connectivity index (χ0) is 59.4. The summed E-state index contributed by atoms with van der Waals surface area (Å²) < 4.78 is 81.7. The average Bonchev–Trinajstić information content (AvgIpc) is 3.86. The molecule has 2 amide bonds. The minimum atomic E-state index is -1.91. The number of hydrogen-bond donors (Lipinski definition) is 5. The molecule has 0 bridgehead atoms. The van der Waals surface area contributed by atoms with Crippen molar-refractivity contribution < 1.29 is 111 Å². The number of benzene rings is 2. The molecule has 5 N–H and O–H groups in total. The van der Waals surface area contributed by atoms with Gasteiger partial charge in [-0.1, -0.05) is 30.8 Å². The molecule has 2 aliphatic heterocycles. The first-order chi connectivity index (χ1) is 39.6. The van der Waals surface area contributed by atoms with Crippen LogP contribution in [0.1, 0.15) is 50.3 Å². The molecule has 0 aliphatic carbocycles. The first-order valence-electron chi connectivity index (χ1n) is 27.4. The summed E-state index contributed by atoms with van der Waals surface area (Å²) in [5.74, 6) is -2.06. The summed E-state index contributed by atoms with van der Waals surface area (Å²) in [4.78, 5) is 52.4. The van der Waals surface area contributed by atoms with Crippen molar-refractivity contribution in [2.24, 2.45) is 5.41 Å². The largest absolute Gasteiger partial charge is 0.491 e. The third-order valence-corrected chi connectivity index (χ3v) is 12.1. The fourth-order valence-electron chi connectivity index (χ4n) is 7.64. The number of aryl methyl sites for hydroxylation is 1. The van der Waals surface area contributed by atoms with Gasteiger partial charge in [0.05, 0.1) is 118 Å². The topological polar surface area (TPSA) is 303 Å². The molecule has 25 nitrogen and oxygen atoms in total. The second-order valence-electron chi connectivity index (χ2n) is 19.7. The van der Waals surface area contributed by atoms with Crippen molar-refractivity contribution in [3.63, 3.8) is 0 Å². The Morgan fingerprint density at radius 1 is 0.659 bits per heavy atom. The van der Waals surface area contributed by atoms with Gasteiger partial charge in [-0.05, 0) is 75.4 Å². The molecular weight excluding hydrogens is 1080 g/mol. The molecule has 0 spiro atoms. The minimum Gasteiger partial charge on any atom is -0.491 e. The lowest BCUT2D eigenvalue weighted by atomic mass is 9.97. The summed E-state index contributed by atoms with van der Waals surface area (Å²) in [5.41, 5.74) is 1.51. The van der Waals surface area contributed by atoms with E-state index in [2.05, 4.69) is 11.9 Å². The number of hydrogen-bond acceptors (Lipinski definition) is 22. The quantitative estimate of drug-likeness (QED) is 0.0360. The third kappa shape index (κ3) is 27.0. The number of ether oxygens (including phenoxy) is 15. The van der Waals surface area contributed by atoms with Crippen molar-refractivity contribution in [1.82, 2.24) is 10.2 Å². The zero-order valence-electron chi connectivity index (χ0n) is 47.7. The average molecular weight is 1170 g/mol. The van der Waals surface area contributed by atoms with Crippen LogP contribution in [-0.2, 0) is 100 Å².